The zero-order chi connectivity index (χ0) is 23.3. The van der Waals surface area contributed by atoms with Crippen LogP contribution in [-0.2, 0) is 17.8 Å². The van der Waals surface area contributed by atoms with Gasteiger partial charge in [-0.1, -0.05) is 54.1 Å². The summed E-state index contributed by atoms with van der Waals surface area (Å²) in [4.78, 5) is 25.8. The van der Waals surface area contributed by atoms with Gasteiger partial charge in [0.25, 0.3) is 5.56 Å². The molecule has 4 aromatic rings. The Labute approximate surface area is 198 Å². The highest BCUT2D eigenvalue weighted by Gasteiger charge is 2.17. The molecule has 2 aromatic carbocycles. The molecule has 0 atom stereocenters. The maximum absolute atomic E-state index is 13.3. The van der Waals surface area contributed by atoms with Crippen molar-refractivity contribution in [3.05, 3.63) is 88.0 Å². The highest BCUT2D eigenvalue weighted by molar-refractivity contribution is 5.80. The Hall–Kier alpha value is -3.74. The lowest BCUT2D eigenvalue weighted by atomic mass is 9.97. The van der Waals surface area contributed by atoms with Gasteiger partial charge in [-0.2, -0.15) is 0 Å². The zero-order valence-corrected chi connectivity index (χ0v) is 19.2. The molecule has 0 fully saturated rings. The van der Waals surface area contributed by atoms with Crippen molar-refractivity contribution in [1.82, 2.24) is 24.5 Å². The second kappa shape index (κ2) is 10.0. The summed E-state index contributed by atoms with van der Waals surface area (Å²) in [6.07, 6.45) is 8.86. The fraction of sp³-hybridized carbons (Fsp3) is 0.333. The van der Waals surface area contributed by atoms with E-state index in [1.165, 1.54) is 18.4 Å². The molecule has 1 aliphatic carbocycles. The van der Waals surface area contributed by atoms with Crippen LogP contribution in [-0.4, -0.2) is 31.6 Å². The van der Waals surface area contributed by atoms with E-state index >= 15 is 0 Å². The minimum atomic E-state index is -0.0966. The number of allylic oxidation sites excluding steroid dienone is 1. The minimum Gasteiger partial charge on any atom is -0.356 e. The maximum atomic E-state index is 13.3. The number of carbonyl (C=O) groups is 1. The molecule has 2 heterocycles. The molecule has 34 heavy (non-hydrogen) atoms. The fourth-order valence-corrected chi connectivity index (χ4v) is 4.69. The van der Waals surface area contributed by atoms with Crippen molar-refractivity contribution in [3.63, 3.8) is 0 Å². The number of rotatable bonds is 8. The lowest BCUT2D eigenvalue weighted by molar-refractivity contribution is -0.121. The fourth-order valence-electron chi connectivity index (χ4n) is 4.69. The molecule has 0 spiro atoms. The number of hydrogen-bond donors (Lipinski definition) is 1. The van der Waals surface area contributed by atoms with Crippen LogP contribution in [0.4, 0.5) is 0 Å². The summed E-state index contributed by atoms with van der Waals surface area (Å²) in [6.45, 7) is 1.08. The van der Waals surface area contributed by atoms with Gasteiger partial charge in [-0.3, -0.25) is 18.6 Å². The van der Waals surface area contributed by atoms with E-state index in [0.29, 0.717) is 42.9 Å². The van der Waals surface area contributed by atoms with Gasteiger partial charge < -0.3 is 5.32 Å². The average Bonchev–Trinajstić information content (AvgIpc) is 3.31. The van der Waals surface area contributed by atoms with Gasteiger partial charge in [-0.05, 0) is 49.8 Å². The molecule has 5 rings (SSSR count). The van der Waals surface area contributed by atoms with Crippen LogP contribution < -0.4 is 10.9 Å². The Kier molecular flexibility index (Phi) is 6.51. The second-order valence-corrected chi connectivity index (χ2v) is 8.85. The first-order valence-corrected chi connectivity index (χ1v) is 12.0. The number of fused-ring (bicyclic) bond motifs is 3. The number of para-hydroxylation sites is 1. The van der Waals surface area contributed by atoms with E-state index in [1.54, 1.807) is 4.57 Å². The average molecular weight is 456 g/mol. The SMILES string of the molecule is O=C(CCc1nnc2n(Cc3ccccc3)c(=O)c3ccccc3n12)NCCC1=CCCCC1. The molecule has 1 amide bonds. The Balaban J connectivity index is 1.37. The summed E-state index contributed by atoms with van der Waals surface area (Å²) < 4.78 is 3.58. The van der Waals surface area contributed by atoms with E-state index in [2.05, 4.69) is 21.6 Å². The van der Waals surface area contributed by atoms with E-state index in [0.717, 1.165) is 30.3 Å². The molecule has 7 nitrogen and oxygen atoms in total. The summed E-state index contributed by atoms with van der Waals surface area (Å²) in [6, 6.07) is 17.3. The molecule has 0 saturated heterocycles. The highest BCUT2D eigenvalue weighted by Crippen LogP contribution is 2.19. The maximum Gasteiger partial charge on any atom is 0.263 e. The molecular weight excluding hydrogens is 426 g/mol. The van der Waals surface area contributed by atoms with Crippen LogP contribution in [0.2, 0.25) is 0 Å². The van der Waals surface area contributed by atoms with Gasteiger partial charge >= 0.3 is 0 Å². The predicted molar refractivity (Wildman–Crippen MR) is 133 cm³/mol. The van der Waals surface area contributed by atoms with Crippen LogP contribution in [0.15, 0.2) is 71.0 Å². The van der Waals surface area contributed by atoms with E-state index in [1.807, 2.05) is 59.0 Å². The zero-order valence-electron chi connectivity index (χ0n) is 19.2. The van der Waals surface area contributed by atoms with Gasteiger partial charge in [0.05, 0.1) is 17.4 Å². The number of nitrogens with one attached hydrogen (secondary N) is 1. The number of hydrogen-bond acceptors (Lipinski definition) is 4. The standard InChI is InChI=1S/C27H29N5O2/c33-25(28-18-17-20-9-3-1-4-10-20)16-15-24-29-30-27-31(19-21-11-5-2-6-12-21)26(34)22-13-7-8-14-23(22)32(24)27/h2,5-9,11-14H,1,3-4,10,15-19H2,(H,28,33). The smallest absolute Gasteiger partial charge is 0.263 e. The van der Waals surface area contributed by atoms with E-state index in [4.69, 9.17) is 0 Å². The normalized spacial score (nSPS) is 13.8. The summed E-state index contributed by atoms with van der Waals surface area (Å²) >= 11 is 0. The van der Waals surface area contributed by atoms with Crippen molar-refractivity contribution in [3.8, 4) is 0 Å². The third-order valence-electron chi connectivity index (χ3n) is 6.49. The van der Waals surface area contributed by atoms with Crippen molar-refractivity contribution in [2.75, 3.05) is 6.54 Å². The molecule has 0 unspecified atom stereocenters. The molecule has 7 heteroatoms. The molecule has 1 N–H and O–H groups in total. The highest BCUT2D eigenvalue weighted by atomic mass is 16.1. The van der Waals surface area contributed by atoms with Gasteiger partial charge in [-0.25, -0.2) is 0 Å². The van der Waals surface area contributed by atoms with Crippen LogP contribution in [0, 0.1) is 0 Å². The number of amides is 1. The molecule has 0 bridgehead atoms. The van der Waals surface area contributed by atoms with Crippen molar-refractivity contribution >= 4 is 22.6 Å². The summed E-state index contributed by atoms with van der Waals surface area (Å²) in [5.74, 6) is 1.18. The van der Waals surface area contributed by atoms with Crippen LogP contribution >= 0.6 is 0 Å². The Bertz CT molecular complexity index is 1400. The third-order valence-corrected chi connectivity index (χ3v) is 6.49. The summed E-state index contributed by atoms with van der Waals surface area (Å²) in [7, 11) is 0. The monoisotopic (exact) mass is 455 g/mol. The van der Waals surface area contributed by atoms with Crippen LogP contribution in [0.1, 0.15) is 49.9 Å². The summed E-state index contributed by atoms with van der Waals surface area (Å²) in [5.41, 5.74) is 3.13. The number of aromatic nitrogens is 4. The number of carbonyl (C=O) groups excluding carboxylic acids is 1. The predicted octanol–water partition coefficient (Wildman–Crippen LogP) is 4.03. The van der Waals surface area contributed by atoms with E-state index in [9.17, 15) is 9.59 Å². The van der Waals surface area contributed by atoms with E-state index in [-0.39, 0.29) is 11.5 Å². The summed E-state index contributed by atoms with van der Waals surface area (Å²) in [5, 5.41) is 12.4. The van der Waals surface area contributed by atoms with Gasteiger partial charge in [-0.15, -0.1) is 10.2 Å². The Morgan fingerprint density at radius 1 is 0.971 bits per heavy atom. The Morgan fingerprint density at radius 3 is 2.62 bits per heavy atom. The topological polar surface area (TPSA) is 81.3 Å². The van der Waals surface area contributed by atoms with Gasteiger partial charge in [0.2, 0.25) is 11.7 Å². The molecular formula is C27H29N5O2. The van der Waals surface area contributed by atoms with E-state index < -0.39 is 0 Å². The van der Waals surface area contributed by atoms with Gasteiger partial charge in [0.1, 0.15) is 5.82 Å². The first-order chi connectivity index (χ1) is 16.7. The molecule has 0 saturated carbocycles. The quantitative estimate of drug-likeness (QED) is 0.407. The Morgan fingerprint density at radius 2 is 1.79 bits per heavy atom. The van der Waals surface area contributed by atoms with Crippen molar-refractivity contribution < 1.29 is 4.79 Å². The molecule has 0 aliphatic heterocycles. The van der Waals surface area contributed by atoms with Gasteiger partial charge in [0, 0.05) is 19.4 Å². The van der Waals surface area contributed by atoms with Crippen LogP contribution in [0.5, 0.6) is 0 Å². The lowest BCUT2D eigenvalue weighted by Crippen LogP contribution is -2.26. The van der Waals surface area contributed by atoms with Gasteiger partial charge in [0.15, 0.2) is 0 Å². The molecule has 2 aromatic heterocycles. The molecule has 174 valence electrons. The minimum absolute atomic E-state index is 0.00933. The number of aryl methyl sites for hydroxylation is 1. The van der Waals surface area contributed by atoms with Crippen LogP contribution in [0.3, 0.4) is 0 Å². The molecule has 0 radical (unpaired) electrons. The van der Waals surface area contributed by atoms with Crippen molar-refractivity contribution in [1.29, 1.82) is 0 Å². The second-order valence-electron chi connectivity index (χ2n) is 8.85. The number of benzene rings is 2. The van der Waals surface area contributed by atoms with Crippen LogP contribution in [0.25, 0.3) is 16.7 Å². The first kappa shape index (κ1) is 22.1. The number of nitrogens with zero attached hydrogens (tertiary/aromatic N) is 4. The third kappa shape index (κ3) is 4.64. The lowest BCUT2D eigenvalue weighted by Gasteiger charge is -2.13. The molecule has 1 aliphatic rings. The largest absolute Gasteiger partial charge is 0.356 e. The van der Waals surface area contributed by atoms with Crippen molar-refractivity contribution in [2.45, 2.75) is 51.5 Å². The van der Waals surface area contributed by atoms with Crippen molar-refractivity contribution in [2.24, 2.45) is 0 Å². The first-order valence-electron chi connectivity index (χ1n) is 12.0.